The maximum absolute atomic E-state index is 14.3. The van der Waals surface area contributed by atoms with Crippen LogP contribution in [0.2, 0.25) is 0 Å². The first kappa shape index (κ1) is 31.5. The van der Waals surface area contributed by atoms with Gasteiger partial charge < -0.3 is 19.7 Å². The summed E-state index contributed by atoms with van der Waals surface area (Å²) in [6.07, 6.45) is 1.36. The minimum Gasteiger partial charge on any atom is -0.453 e. The van der Waals surface area contributed by atoms with Gasteiger partial charge in [-0.05, 0) is 62.6 Å². The van der Waals surface area contributed by atoms with Gasteiger partial charge in [-0.3, -0.25) is 14.9 Å². The minimum atomic E-state index is -4.80. The molecule has 0 atom stereocenters. The number of anilines is 2. The average molecular weight is 642 g/mol. The molecule has 4 fully saturated rings. The molecule has 2 amide bonds. The molecule has 1 saturated heterocycles. The number of aromatic nitrogens is 4. The van der Waals surface area contributed by atoms with Crippen LogP contribution in [0.5, 0.6) is 0 Å². The lowest BCUT2D eigenvalue weighted by molar-refractivity contribution is -0.203. The van der Waals surface area contributed by atoms with E-state index >= 15 is 0 Å². The number of carbonyl (C=O) groups is 3. The average Bonchev–Trinajstić information content (AvgIpc) is 3.38. The molecule has 3 aliphatic carbocycles. The van der Waals surface area contributed by atoms with Crippen LogP contribution in [0.25, 0.3) is 16.9 Å². The van der Waals surface area contributed by atoms with Crippen LogP contribution in [0.15, 0.2) is 36.2 Å². The number of Topliss-reactive ketones (excluding diaryl/α,β-unsaturated/α-hetero) is 1. The number of carbonyl (C=O) groups excluding carboxylic acids is 3. The molecule has 2 N–H and O–H groups in total. The Kier molecular flexibility index (Phi) is 7.99. The van der Waals surface area contributed by atoms with Gasteiger partial charge in [0.1, 0.15) is 11.3 Å². The third-order valence-corrected chi connectivity index (χ3v) is 8.83. The van der Waals surface area contributed by atoms with E-state index in [-0.39, 0.29) is 40.9 Å². The second kappa shape index (κ2) is 11.7. The minimum absolute atomic E-state index is 0.00455. The Hall–Kier alpha value is -4.53. The van der Waals surface area contributed by atoms with Gasteiger partial charge in [0.15, 0.2) is 17.4 Å². The largest absolute Gasteiger partial charge is 0.453 e. The molecule has 244 valence electrons. The Bertz CT molecular complexity index is 1720. The van der Waals surface area contributed by atoms with Crippen molar-refractivity contribution in [1.82, 2.24) is 24.9 Å². The van der Waals surface area contributed by atoms with Crippen LogP contribution in [-0.4, -0.2) is 77.3 Å². The molecule has 4 heterocycles. The zero-order chi connectivity index (χ0) is 32.9. The lowest BCUT2D eigenvalue weighted by atomic mass is 9.33. The normalized spacial score (nSPS) is 22.0. The number of pyridine rings is 1. The fourth-order valence-corrected chi connectivity index (χ4v) is 6.93. The number of morpholine rings is 1. The molecule has 12 nitrogen and oxygen atoms in total. The summed E-state index contributed by atoms with van der Waals surface area (Å²) in [5.74, 6) is -0.269. The van der Waals surface area contributed by atoms with Crippen LogP contribution in [0.4, 0.5) is 29.6 Å². The van der Waals surface area contributed by atoms with Crippen molar-refractivity contribution in [2.24, 2.45) is 10.8 Å². The van der Waals surface area contributed by atoms with Crippen LogP contribution in [0.1, 0.15) is 44.2 Å². The highest BCUT2D eigenvalue weighted by Gasteiger charge is 2.70. The fourth-order valence-electron chi connectivity index (χ4n) is 6.93. The van der Waals surface area contributed by atoms with E-state index in [1.807, 2.05) is 24.8 Å². The second-order valence-corrected chi connectivity index (χ2v) is 12.6. The molecule has 0 radical (unpaired) electrons. The van der Waals surface area contributed by atoms with Crippen molar-refractivity contribution >= 4 is 34.9 Å². The highest BCUT2D eigenvalue weighted by molar-refractivity contribution is 5.95. The van der Waals surface area contributed by atoms with Crippen molar-refractivity contribution in [3.63, 3.8) is 0 Å². The van der Waals surface area contributed by atoms with Gasteiger partial charge in [0.25, 0.3) is 0 Å². The Balaban J connectivity index is 1.27. The summed E-state index contributed by atoms with van der Waals surface area (Å²) in [5.41, 5.74) is 0.581. The fraction of sp³-hybridized carbons (Fsp3) is 0.484. The molecule has 0 spiro atoms. The maximum Gasteiger partial charge on any atom is 0.417 e. The van der Waals surface area contributed by atoms with Crippen molar-refractivity contribution in [2.75, 3.05) is 50.2 Å². The van der Waals surface area contributed by atoms with Gasteiger partial charge in [-0.25, -0.2) is 19.3 Å². The molecule has 7 rings (SSSR count). The van der Waals surface area contributed by atoms with Crippen molar-refractivity contribution in [3.05, 3.63) is 47.3 Å². The highest BCUT2D eigenvalue weighted by Crippen LogP contribution is 2.74. The molecule has 4 aliphatic rings. The molecular weight excluding hydrogens is 607 g/mol. The molecule has 1 aliphatic heterocycles. The number of nitrogens with one attached hydrogen (secondary N) is 2. The Morgan fingerprint density at radius 3 is 2.50 bits per heavy atom. The number of hydrogen-bond acceptors (Lipinski definition) is 9. The summed E-state index contributed by atoms with van der Waals surface area (Å²) in [4.78, 5) is 47.0. The van der Waals surface area contributed by atoms with Crippen LogP contribution >= 0.6 is 0 Å². The third kappa shape index (κ3) is 6.02. The van der Waals surface area contributed by atoms with E-state index in [1.54, 1.807) is 10.7 Å². The van der Waals surface area contributed by atoms with Gasteiger partial charge >= 0.3 is 12.3 Å². The van der Waals surface area contributed by atoms with Crippen LogP contribution in [0, 0.1) is 10.8 Å². The van der Waals surface area contributed by atoms with Crippen LogP contribution in [-0.2, 0) is 31.7 Å². The zero-order valence-electron chi connectivity index (χ0n) is 25.7. The van der Waals surface area contributed by atoms with Crippen molar-refractivity contribution in [1.29, 1.82) is 0 Å². The smallest absolute Gasteiger partial charge is 0.417 e. The molecule has 46 heavy (non-hydrogen) atoms. The SMILES string of the molecule is COC(=O)Nc1cc(C(F)(F)F)c(-c2nc(N3CCOCC3)c3cc(CC45CC(C(=O)CNC(=O)C=C(C)C)(C4)C5)cn3n2)cn1. The van der Waals surface area contributed by atoms with E-state index < -0.39 is 23.2 Å². The van der Waals surface area contributed by atoms with Gasteiger partial charge in [0, 0.05) is 37.0 Å². The van der Waals surface area contributed by atoms with Crippen LogP contribution in [0.3, 0.4) is 0 Å². The van der Waals surface area contributed by atoms with E-state index in [9.17, 15) is 27.6 Å². The van der Waals surface area contributed by atoms with Crippen molar-refractivity contribution < 1.29 is 37.0 Å². The highest BCUT2D eigenvalue weighted by atomic mass is 19.4. The molecule has 3 aromatic heterocycles. The predicted octanol–water partition coefficient (Wildman–Crippen LogP) is 4.19. The van der Waals surface area contributed by atoms with Gasteiger partial charge in [0.2, 0.25) is 5.91 Å². The number of nitrogens with zero attached hydrogens (tertiary/aromatic N) is 5. The molecule has 3 saturated carbocycles. The van der Waals surface area contributed by atoms with E-state index in [4.69, 9.17) is 4.74 Å². The van der Waals surface area contributed by atoms with Gasteiger partial charge in [-0.2, -0.15) is 13.2 Å². The molecule has 15 heteroatoms. The monoisotopic (exact) mass is 641 g/mol. The first-order valence-electron chi connectivity index (χ1n) is 14.9. The number of methoxy groups -OCH3 is 1. The number of ketones is 1. The van der Waals surface area contributed by atoms with E-state index in [0.717, 1.165) is 49.8 Å². The van der Waals surface area contributed by atoms with Gasteiger partial charge in [-0.15, -0.1) is 5.10 Å². The standard InChI is InChI=1S/C31H34F3N7O5/c1-18(2)8-25(43)36-13-23(42)30-15-29(16-30,17-30)11-19-9-22-27(40-4-6-46-7-5-40)38-26(39-41(22)14-19)20-12-35-24(37-28(44)45-3)10-21(20)31(32,33)34/h8-10,12,14H,4-7,11,13,15-17H2,1-3H3,(H,36,43)(H,35,37,44). The topological polar surface area (TPSA) is 140 Å². The Morgan fingerprint density at radius 2 is 1.85 bits per heavy atom. The van der Waals surface area contributed by atoms with Crippen molar-refractivity contribution in [3.8, 4) is 11.4 Å². The van der Waals surface area contributed by atoms with E-state index in [0.29, 0.717) is 44.1 Å². The molecule has 0 unspecified atom stereocenters. The van der Waals surface area contributed by atoms with Gasteiger partial charge in [-0.1, -0.05) is 5.57 Å². The van der Waals surface area contributed by atoms with Crippen LogP contribution < -0.4 is 15.5 Å². The zero-order valence-corrected chi connectivity index (χ0v) is 25.7. The predicted molar refractivity (Wildman–Crippen MR) is 160 cm³/mol. The Labute approximate surface area is 262 Å². The molecule has 3 aromatic rings. The summed E-state index contributed by atoms with van der Waals surface area (Å²) in [6, 6.07) is 2.68. The summed E-state index contributed by atoms with van der Waals surface area (Å²) in [6.45, 7) is 5.51. The summed E-state index contributed by atoms with van der Waals surface area (Å²) < 4.78 is 54.3. The van der Waals surface area contributed by atoms with Crippen molar-refractivity contribution in [2.45, 2.75) is 45.7 Å². The third-order valence-electron chi connectivity index (χ3n) is 8.83. The number of amides is 2. The Morgan fingerprint density at radius 1 is 1.13 bits per heavy atom. The lowest BCUT2D eigenvalue weighted by Gasteiger charge is -2.70. The molecular formula is C31H34F3N7O5. The summed E-state index contributed by atoms with van der Waals surface area (Å²) in [7, 11) is 1.09. The number of hydrogen-bond donors (Lipinski definition) is 2. The first-order valence-corrected chi connectivity index (χ1v) is 14.9. The molecule has 0 aromatic carbocycles. The second-order valence-electron chi connectivity index (χ2n) is 12.6. The number of allylic oxidation sites excluding steroid dienone is 1. The number of rotatable bonds is 9. The summed E-state index contributed by atoms with van der Waals surface area (Å²) >= 11 is 0. The van der Waals surface area contributed by atoms with E-state index in [1.165, 1.54) is 6.08 Å². The number of fused-ring (bicyclic) bond motifs is 1. The number of ether oxygens (including phenoxy) is 2. The quantitative estimate of drug-likeness (QED) is 0.329. The van der Waals surface area contributed by atoms with Gasteiger partial charge in [0.05, 0.1) is 38.0 Å². The first-order chi connectivity index (χ1) is 21.8. The molecule has 2 bridgehead atoms. The number of halogens is 3. The maximum atomic E-state index is 14.3. The lowest BCUT2D eigenvalue weighted by Crippen LogP contribution is -2.67. The summed E-state index contributed by atoms with van der Waals surface area (Å²) in [5, 5.41) is 9.33. The van der Waals surface area contributed by atoms with E-state index in [2.05, 4.69) is 30.4 Å². The number of alkyl halides is 3.